The summed E-state index contributed by atoms with van der Waals surface area (Å²) in [6.45, 7) is 1.91. The minimum Gasteiger partial charge on any atom is -0.353 e. The summed E-state index contributed by atoms with van der Waals surface area (Å²) in [6.07, 6.45) is 0. The molecule has 0 radical (unpaired) electrons. The Kier molecular flexibility index (Phi) is 4.67. The molecule has 122 valence electrons. The highest BCUT2D eigenvalue weighted by Crippen LogP contribution is 2.31. The number of carbonyl (C=O) groups excluding carboxylic acids is 1. The SMILES string of the molecule is Cc1cc(I)cc2c(Nc3cccc(C#N)c3)c(C(=O)N=N)nnc12. The molecule has 8 heteroatoms. The van der Waals surface area contributed by atoms with Crippen molar-refractivity contribution in [1.29, 1.82) is 10.8 Å². The molecule has 0 unspecified atom stereocenters. The predicted octanol–water partition coefficient (Wildman–Crippen LogP) is 4.33. The number of hydrogen-bond acceptors (Lipinski definition) is 6. The molecular weight excluding hydrogens is 431 g/mol. The zero-order chi connectivity index (χ0) is 18.0. The normalized spacial score (nSPS) is 10.3. The number of carbonyl (C=O) groups is 1. The van der Waals surface area contributed by atoms with Crippen molar-refractivity contribution in [2.24, 2.45) is 5.11 Å². The lowest BCUT2D eigenvalue weighted by molar-refractivity contribution is 0.0986. The number of halogens is 1. The monoisotopic (exact) mass is 442 g/mol. The van der Waals surface area contributed by atoms with Gasteiger partial charge in [-0.05, 0) is 65.4 Å². The Balaban J connectivity index is 2.27. The third-order valence-corrected chi connectivity index (χ3v) is 4.21. The van der Waals surface area contributed by atoms with Crippen molar-refractivity contribution in [2.75, 3.05) is 5.32 Å². The molecule has 0 saturated heterocycles. The molecule has 0 aliphatic carbocycles. The number of nitriles is 1. The van der Waals surface area contributed by atoms with Crippen LogP contribution in [0.25, 0.3) is 10.9 Å². The Morgan fingerprint density at radius 1 is 1.32 bits per heavy atom. The first-order valence-corrected chi connectivity index (χ1v) is 8.27. The van der Waals surface area contributed by atoms with Gasteiger partial charge < -0.3 is 5.32 Å². The number of benzene rings is 2. The minimum absolute atomic E-state index is 0.0359. The second-order valence-electron chi connectivity index (χ2n) is 5.28. The second-order valence-corrected chi connectivity index (χ2v) is 6.52. The zero-order valence-corrected chi connectivity index (χ0v) is 15.2. The summed E-state index contributed by atoms with van der Waals surface area (Å²) in [7, 11) is 0. The summed E-state index contributed by atoms with van der Waals surface area (Å²) in [5.41, 5.74) is 10.1. The van der Waals surface area contributed by atoms with Gasteiger partial charge in [0.1, 0.15) is 0 Å². The van der Waals surface area contributed by atoms with Gasteiger partial charge in [-0.3, -0.25) is 4.79 Å². The van der Waals surface area contributed by atoms with E-state index in [-0.39, 0.29) is 5.69 Å². The molecule has 0 atom stereocenters. The van der Waals surface area contributed by atoms with Gasteiger partial charge in [-0.25, -0.2) is 5.53 Å². The molecule has 3 aromatic rings. The van der Waals surface area contributed by atoms with E-state index in [2.05, 4.69) is 49.3 Å². The number of fused-ring (bicyclic) bond motifs is 1. The van der Waals surface area contributed by atoms with E-state index in [0.717, 1.165) is 9.13 Å². The highest BCUT2D eigenvalue weighted by atomic mass is 127. The lowest BCUT2D eigenvalue weighted by atomic mass is 10.1. The molecule has 0 bridgehead atoms. The third kappa shape index (κ3) is 3.32. The molecule has 1 heterocycles. The van der Waals surface area contributed by atoms with Crippen LogP contribution >= 0.6 is 22.6 Å². The van der Waals surface area contributed by atoms with E-state index in [1.807, 2.05) is 19.1 Å². The average Bonchev–Trinajstić information content (AvgIpc) is 2.61. The van der Waals surface area contributed by atoms with Gasteiger partial charge in [0.15, 0.2) is 5.69 Å². The zero-order valence-electron chi connectivity index (χ0n) is 13.0. The van der Waals surface area contributed by atoms with Crippen LogP contribution in [0.3, 0.4) is 0 Å². The maximum absolute atomic E-state index is 12.0. The summed E-state index contributed by atoms with van der Waals surface area (Å²) < 4.78 is 0.977. The number of aromatic nitrogens is 2. The van der Waals surface area contributed by atoms with Crippen LogP contribution in [0.2, 0.25) is 0 Å². The van der Waals surface area contributed by atoms with Crippen LogP contribution in [0.5, 0.6) is 0 Å². The molecule has 1 aromatic heterocycles. The number of rotatable bonds is 3. The quantitative estimate of drug-likeness (QED) is 0.463. The van der Waals surface area contributed by atoms with E-state index in [9.17, 15) is 4.79 Å². The van der Waals surface area contributed by atoms with Gasteiger partial charge in [-0.2, -0.15) is 5.26 Å². The molecule has 0 spiro atoms. The smallest absolute Gasteiger partial charge is 0.317 e. The topological polar surface area (TPSA) is 115 Å². The van der Waals surface area contributed by atoms with Crippen LogP contribution in [0.1, 0.15) is 21.6 Å². The lowest BCUT2D eigenvalue weighted by Gasteiger charge is -2.13. The molecule has 0 fully saturated rings. The van der Waals surface area contributed by atoms with Gasteiger partial charge in [-0.1, -0.05) is 6.07 Å². The summed E-state index contributed by atoms with van der Waals surface area (Å²) in [4.78, 5) is 12.0. The summed E-state index contributed by atoms with van der Waals surface area (Å²) in [5.74, 6) is -0.787. The number of anilines is 2. The fraction of sp³-hybridized carbons (Fsp3) is 0.0588. The number of hydrogen-bond donors (Lipinski definition) is 2. The number of nitrogens with zero attached hydrogens (tertiary/aromatic N) is 4. The Morgan fingerprint density at radius 3 is 2.84 bits per heavy atom. The van der Waals surface area contributed by atoms with E-state index in [1.54, 1.807) is 24.3 Å². The van der Waals surface area contributed by atoms with Crippen molar-refractivity contribution in [3.05, 3.63) is 56.8 Å². The van der Waals surface area contributed by atoms with Gasteiger partial charge >= 0.3 is 5.91 Å². The van der Waals surface area contributed by atoms with Gasteiger partial charge in [-0.15, -0.1) is 15.3 Å². The van der Waals surface area contributed by atoms with Crippen molar-refractivity contribution >= 4 is 50.8 Å². The number of amides is 1. The van der Waals surface area contributed by atoms with E-state index in [4.69, 9.17) is 10.8 Å². The van der Waals surface area contributed by atoms with Crippen LogP contribution in [-0.2, 0) is 0 Å². The van der Waals surface area contributed by atoms with Gasteiger partial charge in [0, 0.05) is 14.6 Å². The summed E-state index contributed by atoms with van der Waals surface area (Å²) >= 11 is 2.19. The van der Waals surface area contributed by atoms with E-state index in [0.29, 0.717) is 27.8 Å². The maximum Gasteiger partial charge on any atom is 0.317 e. The average molecular weight is 442 g/mol. The maximum atomic E-state index is 12.0. The van der Waals surface area contributed by atoms with Crippen molar-refractivity contribution < 1.29 is 4.79 Å². The third-order valence-electron chi connectivity index (χ3n) is 3.59. The Hall–Kier alpha value is -2.93. The Morgan fingerprint density at radius 2 is 2.12 bits per heavy atom. The van der Waals surface area contributed by atoms with Gasteiger partial charge in [0.05, 0.1) is 22.8 Å². The van der Waals surface area contributed by atoms with Crippen LogP contribution < -0.4 is 5.32 Å². The minimum atomic E-state index is -0.787. The number of aryl methyl sites for hydroxylation is 1. The first-order chi connectivity index (χ1) is 12.0. The molecule has 7 nitrogen and oxygen atoms in total. The van der Waals surface area contributed by atoms with Gasteiger partial charge in [0.2, 0.25) is 0 Å². The lowest BCUT2D eigenvalue weighted by Crippen LogP contribution is -2.07. The Bertz CT molecular complexity index is 1060. The molecule has 0 aliphatic rings. The van der Waals surface area contributed by atoms with Crippen molar-refractivity contribution in [2.45, 2.75) is 6.92 Å². The van der Waals surface area contributed by atoms with Crippen LogP contribution in [0.4, 0.5) is 11.4 Å². The van der Waals surface area contributed by atoms with Crippen LogP contribution in [0.15, 0.2) is 41.5 Å². The van der Waals surface area contributed by atoms with E-state index < -0.39 is 5.91 Å². The molecule has 0 aliphatic heterocycles. The number of nitrogens with one attached hydrogen (secondary N) is 2. The molecule has 2 N–H and O–H groups in total. The summed E-state index contributed by atoms with van der Waals surface area (Å²) in [5, 5.41) is 23.9. The molecule has 2 aromatic carbocycles. The van der Waals surface area contributed by atoms with E-state index >= 15 is 0 Å². The van der Waals surface area contributed by atoms with Gasteiger partial charge in [0.25, 0.3) is 0 Å². The molecule has 1 amide bonds. The fourth-order valence-corrected chi connectivity index (χ4v) is 3.25. The van der Waals surface area contributed by atoms with Crippen molar-refractivity contribution in [1.82, 2.24) is 10.2 Å². The second kappa shape index (κ2) is 6.90. The predicted molar refractivity (Wildman–Crippen MR) is 101 cm³/mol. The summed E-state index contributed by atoms with van der Waals surface area (Å²) in [6, 6.07) is 12.8. The highest BCUT2D eigenvalue weighted by Gasteiger charge is 2.19. The first-order valence-electron chi connectivity index (χ1n) is 7.19. The molecule has 0 saturated carbocycles. The van der Waals surface area contributed by atoms with E-state index in [1.165, 1.54) is 0 Å². The largest absolute Gasteiger partial charge is 0.353 e. The van der Waals surface area contributed by atoms with Crippen molar-refractivity contribution in [3.8, 4) is 6.07 Å². The van der Waals surface area contributed by atoms with Crippen LogP contribution in [-0.4, -0.2) is 16.1 Å². The highest BCUT2D eigenvalue weighted by molar-refractivity contribution is 14.1. The van der Waals surface area contributed by atoms with Crippen molar-refractivity contribution in [3.63, 3.8) is 0 Å². The first kappa shape index (κ1) is 16.9. The molecular formula is C17H11IN6O. The fourth-order valence-electron chi connectivity index (χ4n) is 2.48. The molecule has 25 heavy (non-hydrogen) atoms. The standard InChI is InChI=1S/C17H11IN6O/c1-9-5-11(18)7-13-14(9)23-24-16(17(25)22-20)15(13)21-12-4-2-3-10(6-12)8-19/h2-7,20H,1H3,(H,21,23). The van der Waals surface area contributed by atoms with Crippen LogP contribution in [0, 0.1) is 27.4 Å². The molecule has 3 rings (SSSR count). The Labute approximate surface area is 156 Å².